The molecule has 1 aromatic rings. The van der Waals surface area contributed by atoms with Crippen LogP contribution in [0.5, 0.6) is 5.88 Å². The van der Waals surface area contributed by atoms with Crippen molar-refractivity contribution < 1.29 is 9.53 Å². The van der Waals surface area contributed by atoms with Gasteiger partial charge in [0.1, 0.15) is 0 Å². The number of carbonyl (C=O) groups is 1. The molecule has 20 heavy (non-hydrogen) atoms. The lowest BCUT2D eigenvalue weighted by Gasteiger charge is -2.22. The van der Waals surface area contributed by atoms with Crippen LogP contribution in [0.25, 0.3) is 0 Å². The van der Waals surface area contributed by atoms with E-state index in [4.69, 9.17) is 10.5 Å². The molecule has 1 heterocycles. The summed E-state index contributed by atoms with van der Waals surface area (Å²) < 4.78 is 5.14. The monoisotopic (exact) mass is 279 g/mol. The number of aromatic nitrogens is 1. The topological polar surface area (TPSA) is 77.2 Å². The van der Waals surface area contributed by atoms with Crippen LogP contribution in [0.1, 0.15) is 39.2 Å². The van der Waals surface area contributed by atoms with Crippen molar-refractivity contribution in [1.29, 1.82) is 0 Å². The van der Waals surface area contributed by atoms with Gasteiger partial charge in [0.25, 0.3) is 0 Å². The number of ether oxygens (including phenoxy) is 1. The minimum atomic E-state index is -0.120. The second kappa shape index (κ2) is 7.24. The lowest BCUT2D eigenvalue weighted by atomic mass is 9.87. The Morgan fingerprint density at radius 1 is 1.50 bits per heavy atom. The number of carbonyl (C=O) groups excluding carboxylic acids is 1. The zero-order chi connectivity index (χ0) is 15.2. The Hall–Kier alpha value is -1.62. The lowest BCUT2D eigenvalue weighted by Crippen LogP contribution is -2.34. The highest BCUT2D eigenvalue weighted by molar-refractivity contribution is 5.76. The largest absolute Gasteiger partial charge is 0.481 e. The third kappa shape index (κ3) is 6.02. The van der Waals surface area contributed by atoms with Crippen LogP contribution < -0.4 is 15.8 Å². The van der Waals surface area contributed by atoms with Gasteiger partial charge in [-0.25, -0.2) is 4.98 Å². The summed E-state index contributed by atoms with van der Waals surface area (Å²) in [5.74, 6) is 0.486. The maximum Gasteiger partial charge on any atom is 0.221 e. The quantitative estimate of drug-likeness (QED) is 0.833. The van der Waals surface area contributed by atoms with Gasteiger partial charge in [-0.3, -0.25) is 4.79 Å². The van der Waals surface area contributed by atoms with Gasteiger partial charge in [-0.05, 0) is 17.9 Å². The van der Waals surface area contributed by atoms with Crippen LogP contribution in [0, 0.1) is 5.41 Å². The summed E-state index contributed by atoms with van der Waals surface area (Å²) in [4.78, 5) is 15.9. The van der Waals surface area contributed by atoms with E-state index in [1.54, 1.807) is 13.3 Å². The molecule has 0 aliphatic carbocycles. The molecule has 0 aromatic carbocycles. The molecule has 1 rings (SSSR count). The Labute approximate surface area is 120 Å². The molecular weight excluding hydrogens is 254 g/mol. The van der Waals surface area contributed by atoms with E-state index in [9.17, 15) is 4.79 Å². The van der Waals surface area contributed by atoms with Crippen molar-refractivity contribution in [3.8, 4) is 5.88 Å². The fourth-order valence-corrected chi connectivity index (χ4v) is 2.11. The third-order valence-electron chi connectivity index (χ3n) is 2.84. The van der Waals surface area contributed by atoms with Gasteiger partial charge >= 0.3 is 0 Å². The number of methoxy groups -OCH3 is 1. The van der Waals surface area contributed by atoms with Crippen molar-refractivity contribution in [2.24, 2.45) is 11.1 Å². The second-order valence-corrected chi connectivity index (χ2v) is 6.18. The lowest BCUT2D eigenvalue weighted by molar-refractivity contribution is -0.121. The molecule has 0 radical (unpaired) electrons. The average molecular weight is 279 g/mol. The molecule has 0 bridgehead atoms. The maximum atomic E-state index is 11.9. The molecule has 1 amide bonds. The number of nitrogens with zero attached hydrogens (tertiary/aromatic N) is 1. The summed E-state index contributed by atoms with van der Waals surface area (Å²) in [5, 5.41) is 2.85. The molecule has 5 heteroatoms. The smallest absolute Gasteiger partial charge is 0.221 e. The minimum Gasteiger partial charge on any atom is -0.481 e. The normalized spacial score (nSPS) is 12.8. The molecule has 0 spiro atoms. The van der Waals surface area contributed by atoms with Crippen LogP contribution in [-0.2, 0) is 11.3 Å². The first kappa shape index (κ1) is 16.4. The zero-order valence-electron chi connectivity index (χ0n) is 12.8. The molecule has 1 atom stereocenters. The number of rotatable bonds is 6. The first-order valence-corrected chi connectivity index (χ1v) is 6.82. The van der Waals surface area contributed by atoms with Gasteiger partial charge < -0.3 is 15.8 Å². The van der Waals surface area contributed by atoms with Gasteiger partial charge in [-0.2, -0.15) is 0 Å². The standard InChI is InChI=1S/C15H25N3O2/c1-15(2,3)9-12(16)8-13(19)18-10-11-6-5-7-17-14(11)20-4/h5-7,12H,8-10,16H2,1-4H3,(H,18,19). The fraction of sp³-hybridized carbons (Fsp3) is 0.600. The summed E-state index contributed by atoms with van der Waals surface area (Å²) in [7, 11) is 1.56. The predicted molar refractivity (Wildman–Crippen MR) is 79.3 cm³/mol. The van der Waals surface area contributed by atoms with E-state index in [-0.39, 0.29) is 17.4 Å². The van der Waals surface area contributed by atoms with Crippen molar-refractivity contribution in [1.82, 2.24) is 10.3 Å². The van der Waals surface area contributed by atoms with Gasteiger partial charge in [0.15, 0.2) is 0 Å². The highest BCUT2D eigenvalue weighted by Gasteiger charge is 2.18. The molecule has 0 aliphatic rings. The molecule has 1 unspecified atom stereocenters. The van der Waals surface area contributed by atoms with Gasteiger partial charge in [-0.15, -0.1) is 0 Å². The molecular formula is C15H25N3O2. The average Bonchev–Trinajstić information content (AvgIpc) is 2.34. The zero-order valence-corrected chi connectivity index (χ0v) is 12.8. The van der Waals surface area contributed by atoms with Crippen molar-refractivity contribution >= 4 is 5.91 Å². The van der Waals surface area contributed by atoms with Gasteiger partial charge in [0.2, 0.25) is 11.8 Å². The van der Waals surface area contributed by atoms with Crippen molar-refractivity contribution in [3.63, 3.8) is 0 Å². The molecule has 3 N–H and O–H groups in total. The summed E-state index contributed by atoms with van der Waals surface area (Å²) in [5.41, 5.74) is 6.97. The Bertz CT molecular complexity index is 441. The number of nitrogens with two attached hydrogens (primary N) is 1. The van der Waals surface area contributed by atoms with Crippen LogP contribution in [-0.4, -0.2) is 24.0 Å². The highest BCUT2D eigenvalue weighted by Crippen LogP contribution is 2.21. The number of pyridine rings is 1. The third-order valence-corrected chi connectivity index (χ3v) is 2.84. The molecule has 112 valence electrons. The minimum absolute atomic E-state index is 0.0485. The van der Waals surface area contributed by atoms with E-state index < -0.39 is 0 Å². The van der Waals surface area contributed by atoms with Crippen molar-refractivity contribution in [2.75, 3.05) is 7.11 Å². The van der Waals surface area contributed by atoms with Crippen LogP contribution in [0.3, 0.4) is 0 Å². The number of amides is 1. The SMILES string of the molecule is COc1ncccc1CNC(=O)CC(N)CC(C)(C)C. The van der Waals surface area contributed by atoms with E-state index in [0.717, 1.165) is 12.0 Å². The van der Waals surface area contributed by atoms with Gasteiger partial charge in [0.05, 0.1) is 7.11 Å². The Morgan fingerprint density at radius 2 is 2.20 bits per heavy atom. The van der Waals surface area contributed by atoms with E-state index >= 15 is 0 Å². The summed E-state index contributed by atoms with van der Waals surface area (Å²) in [6.45, 7) is 6.75. The molecule has 0 aliphatic heterocycles. The molecule has 1 aromatic heterocycles. The highest BCUT2D eigenvalue weighted by atomic mass is 16.5. The summed E-state index contributed by atoms with van der Waals surface area (Å²) in [6, 6.07) is 3.57. The van der Waals surface area contributed by atoms with E-state index in [2.05, 4.69) is 31.1 Å². The Kier molecular flexibility index (Phi) is 5.95. The molecule has 5 nitrogen and oxygen atoms in total. The summed E-state index contributed by atoms with van der Waals surface area (Å²) >= 11 is 0. The van der Waals surface area contributed by atoms with Crippen molar-refractivity contribution in [3.05, 3.63) is 23.9 Å². The van der Waals surface area contributed by atoms with Crippen LogP contribution in [0.15, 0.2) is 18.3 Å². The number of hydrogen-bond acceptors (Lipinski definition) is 4. The maximum absolute atomic E-state index is 11.9. The first-order chi connectivity index (χ1) is 9.31. The van der Waals surface area contributed by atoms with Crippen LogP contribution in [0.4, 0.5) is 0 Å². The van der Waals surface area contributed by atoms with Crippen LogP contribution in [0.2, 0.25) is 0 Å². The molecule has 0 saturated carbocycles. The van der Waals surface area contributed by atoms with Crippen molar-refractivity contribution in [2.45, 2.75) is 46.2 Å². The number of nitrogens with one attached hydrogen (secondary N) is 1. The fourth-order valence-electron chi connectivity index (χ4n) is 2.11. The number of hydrogen-bond donors (Lipinski definition) is 2. The first-order valence-electron chi connectivity index (χ1n) is 6.82. The van der Waals surface area contributed by atoms with Crippen LogP contribution >= 0.6 is 0 Å². The predicted octanol–water partition coefficient (Wildman–Crippen LogP) is 1.86. The Balaban J connectivity index is 2.43. The van der Waals surface area contributed by atoms with Gasteiger partial charge in [-0.1, -0.05) is 26.8 Å². The van der Waals surface area contributed by atoms with Gasteiger partial charge in [0, 0.05) is 30.8 Å². The van der Waals surface area contributed by atoms with E-state index in [1.165, 1.54) is 0 Å². The second-order valence-electron chi connectivity index (χ2n) is 6.18. The van der Waals surface area contributed by atoms with E-state index in [0.29, 0.717) is 18.8 Å². The van der Waals surface area contributed by atoms with E-state index in [1.807, 2.05) is 12.1 Å². The molecule has 0 fully saturated rings. The Morgan fingerprint density at radius 3 is 2.80 bits per heavy atom. The summed E-state index contributed by atoms with van der Waals surface area (Å²) in [6.07, 6.45) is 2.81. The molecule has 0 saturated heterocycles.